The van der Waals surface area contributed by atoms with Gasteiger partial charge in [-0.15, -0.1) is 0 Å². The van der Waals surface area contributed by atoms with Gasteiger partial charge in [0, 0.05) is 12.8 Å². The molecule has 1 aromatic rings. The predicted molar refractivity (Wildman–Crippen MR) is 60.0 cm³/mol. The van der Waals surface area contributed by atoms with Gasteiger partial charge in [-0.05, 0) is 12.5 Å². The van der Waals surface area contributed by atoms with Crippen LogP contribution in [-0.4, -0.2) is 24.8 Å². The van der Waals surface area contributed by atoms with E-state index in [4.69, 9.17) is 20.5 Å². The fourth-order valence-corrected chi connectivity index (χ4v) is 1.11. The average molecular weight is 221 g/mol. The maximum Gasteiger partial charge on any atom is 0.238 e. The van der Waals surface area contributed by atoms with Crippen molar-refractivity contribution in [2.75, 3.05) is 25.6 Å². The van der Waals surface area contributed by atoms with Crippen LogP contribution in [0.15, 0.2) is 12.3 Å². The largest absolute Gasteiger partial charge is 0.474 e. The summed E-state index contributed by atoms with van der Waals surface area (Å²) in [6.45, 7) is 3.62. The molecule has 0 unspecified atom stereocenters. The minimum absolute atomic E-state index is 0.278. The Hall–Kier alpha value is -1.80. The molecule has 0 aliphatic carbocycles. The lowest BCUT2D eigenvalue weighted by Gasteiger charge is -2.08. The number of nitrogens with two attached hydrogens (primary N) is 1. The molecule has 0 aliphatic heterocycles. The van der Waals surface area contributed by atoms with Crippen LogP contribution in [-0.2, 0) is 4.74 Å². The molecule has 1 heterocycles. The first-order valence-corrected chi connectivity index (χ1v) is 5.14. The number of anilines is 1. The van der Waals surface area contributed by atoms with Gasteiger partial charge in [-0.25, -0.2) is 4.98 Å². The first-order chi connectivity index (χ1) is 7.79. The molecular weight excluding hydrogens is 206 g/mol. The van der Waals surface area contributed by atoms with E-state index in [-0.39, 0.29) is 5.69 Å². The molecule has 0 bridgehead atoms. The Kier molecular flexibility index (Phi) is 5.09. The summed E-state index contributed by atoms with van der Waals surface area (Å²) in [5.41, 5.74) is 6.34. The van der Waals surface area contributed by atoms with Crippen LogP contribution < -0.4 is 10.5 Å². The summed E-state index contributed by atoms with van der Waals surface area (Å²) in [4.78, 5) is 3.95. The zero-order valence-electron chi connectivity index (χ0n) is 9.27. The van der Waals surface area contributed by atoms with E-state index in [1.807, 2.05) is 13.0 Å². The Labute approximate surface area is 94.8 Å². The molecule has 0 radical (unpaired) electrons. The highest BCUT2D eigenvalue weighted by Crippen LogP contribution is 2.20. The van der Waals surface area contributed by atoms with Crippen LogP contribution in [0, 0.1) is 11.3 Å². The maximum atomic E-state index is 8.75. The molecule has 0 atom stereocenters. The van der Waals surface area contributed by atoms with Crippen LogP contribution in [0.25, 0.3) is 0 Å². The number of ether oxygens (including phenoxy) is 2. The second kappa shape index (κ2) is 6.64. The zero-order valence-corrected chi connectivity index (χ0v) is 9.27. The Morgan fingerprint density at radius 3 is 2.94 bits per heavy atom. The van der Waals surface area contributed by atoms with E-state index in [0.717, 1.165) is 6.42 Å². The number of pyridine rings is 1. The number of nitriles is 1. The molecule has 1 aromatic heterocycles. The van der Waals surface area contributed by atoms with Crippen LogP contribution >= 0.6 is 0 Å². The molecule has 0 amide bonds. The smallest absolute Gasteiger partial charge is 0.238 e. The molecule has 5 nitrogen and oxygen atoms in total. The van der Waals surface area contributed by atoms with E-state index in [9.17, 15) is 0 Å². The first kappa shape index (κ1) is 12.3. The lowest BCUT2D eigenvalue weighted by Crippen LogP contribution is -2.09. The van der Waals surface area contributed by atoms with Crippen molar-refractivity contribution in [1.29, 1.82) is 5.26 Å². The summed E-state index contributed by atoms with van der Waals surface area (Å²) in [7, 11) is 0. The lowest BCUT2D eigenvalue weighted by atomic mass is 10.2. The van der Waals surface area contributed by atoms with Crippen molar-refractivity contribution in [2.45, 2.75) is 13.3 Å². The number of aromatic nitrogens is 1. The Balaban J connectivity index is 2.45. The summed E-state index contributed by atoms with van der Waals surface area (Å²) in [5, 5.41) is 8.75. The van der Waals surface area contributed by atoms with Gasteiger partial charge in [0.05, 0.1) is 12.2 Å². The SMILES string of the molecule is CCCOCCOc1nccc(C#N)c1N. The van der Waals surface area contributed by atoms with E-state index in [1.54, 1.807) is 6.07 Å². The standard InChI is InChI=1S/C11H15N3O2/c1-2-5-15-6-7-16-11-10(13)9(8-12)3-4-14-11/h3-4H,2,5-7,13H2,1H3. The Morgan fingerprint density at radius 2 is 2.25 bits per heavy atom. The number of nitrogen functional groups attached to an aromatic ring is 1. The average Bonchev–Trinajstić information content (AvgIpc) is 2.31. The topological polar surface area (TPSA) is 81.2 Å². The summed E-state index contributed by atoms with van der Waals surface area (Å²) in [6.07, 6.45) is 2.47. The summed E-state index contributed by atoms with van der Waals surface area (Å²) < 4.78 is 10.6. The fraction of sp³-hybridized carbons (Fsp3) is 0.455. The van der Waals surface area contributed by atoms with Gasteiger partial charge in [0.1, 0.15) is 18.4 Å². The lowest BCUT2D eigenvalue weighted by molar-refractivity contribution is 0.0993. The third kappa shape index (κ3) is 3.41. The monoisotopic (exact) mass is 221 g/mol. The molecule has 0 aliphatic rings. The molecule has 0 spiro atoms. The van der Waals surface area contributed by atoms with Gasteiger partial charge < -0.3 is 15.2 Å². The quantitative estimate of drug-likeness (QED) is 0.733. The fourth-order valence-electron chi connectivity index (χ4n) is 1.11. The summed E-state index contributed by atoms with van der Waals surface area (Å²) in [6, 6.07) is 3.52. The van der Waals surface area contributed by atoms with Gasteiger partial charge in [0.15, 0.2) is 0 Å². The highest BCUT2D eigenvalue weighted by Gasteiger charge is 2.06. The molecule has 86 valence electrons. The molecule has 0 saturated carbocycles. The molecule has 1 rings (SSSR count). The normalized spacial score (nSPS) is 9.75. The van der Waals surface area contributed by atoms with Crippen LogP contribution in [0.2, 0.25) is 0 Å². The molecule has 2 N–H and O–H groups in total. The van der Waals surface area contributed by atoms with Crippen molar-refractivity contribution < 1.29 is 9.47 Å². The van der Waals surface area contributed by atoms with Crippen molar-refractivity contribution in [3.05, 3.63) is 17.8 Å². The van der Waals surface area contributed by atoms with Crippen molar-refractivity contribution in [3.8, 4) is 11.9 Å². The molecule has 0 saturated heterocycles. The van der Waals surface area contributed by atoms with Gasteiger partial charge in [-0.1, -0.05) is 6.92 Å². The van der Waals surface area contributed by atoms with Crippen LogP contribution in [0.4, 0.5) is 5.69 Å². The summed E-state index contributed by atoms with van der Waals surface area (Å²) in [5.74, 6) is 0.291. The molecule has 16 heavy (non-hydrogen) atoms. The van der Waals surface area contributed by atoms with E-state index in [1.165, 1.54) is 6.20 Å². The number of hydrogen-bond donors (Lipinski definition) is 1. The van der Waals surface area contributed by atoms with Crippen LogP contribution in [0.1, 0.15) is 18.9 Å². The van der Waals surface area contributed by atoms with E-state index in [0.29, 0.717) is 31.3 Å². The zero-order chi connectivity index (χ0) is 11.8. The van der Waals surface area contributed by atoms with E-state index in [2.05, 4.69) is 4.98 Å². The third-order valence-corrected chi connectivity index (χ3v) is 1.89. The number of rotatable bonds is 6. The second-order valence-electron chi connectivity index (χ2n) is 3.15. The van der Waals surface area contributed by atoms with Gasteiger partial charge in [-0.2, -0.15) is 5.26 Å². The highest BCUT2D eigenvalue weighted by atomic mass is 16.5. The number of hydrogen-bond acceptors (Lipinski definition) is 5. The van der Waals surface area contributed by atoms with Crippen LogP contribution in [0.3, 0.4) is 0 Å². The molecule has 5 heteroatoms. The molecular formula is C11H15N3O2. The minimum atomic E-state index is 0.278. The third-order valence-electron chi connectivity index (χ3n) is 1.89. The Bertz CT molecular complexity index is 374. The molecule has 0 fully saturated rings. The summed E-state index contributed by atoms with van der Waals surface area (Å²) >= 11 is 0. The van der Waals surface area contributed by atoms with E-state index < -0.39 is 0 Å². The highest BCUT2D eigenvalue weighted by molar-refractivity contribution is 5.59. The second-order valence-corrected chi connectivity index (χ2v) is 3.15. The molecule has 0 aromatic carbocycles. The van der Waals surface area contributed by atoms with Gasteiger partial charge in [0.2, 0.25) is 5.88 Å². The van der Waals surface area contributed by atoms with Gasteiger partial charge in [-0.3, -0.25) is 0 Å². The van der Waals surface area contributed by atoms with Crippen molar-refractivity contribution in [2.24, 2.45) is 0 Å². The van der Waals surface area contributed by atoms with Crippen molar-refractivity contribution in [3.63, 3.8) is 0 Å². The van der Waals surface area contributed by atoms with Gasteiger partial charge in [0.25, 0.3) is 0 Å². The van der Waals surface area contributed by atoms with E-state index >= 15 is 0 Å². The van der Waals surface area contributed by atoms with Crippen molar-refractivity contribution >= 4 is 5.69 Å². The predicted octanol–water partition coefficient (Wildman–Crippen LogP) is 1.34. The number of nitrogens with zero attached hydrogens (tertiary/aromatic N) is 2. The Morgan fingerprint density at radius 1 is 1.44 bits per heavy atom. The van der Waals surface area contributed by atoms with Crippen LogP contribution in [0.5, 0.6) is 5.88 Å². The van der Waals surface area contributed by atoms with Crippen molar-refractivity contribution in [1.82, 2.24) is 4.98 Å². The van der Waals surface area contributed by atoms with Gasteiger partial charge >= 0.3 is 0 Å². The first-order valence-electron chi connectivity index (χ1n) is 5.14. The maximum absolute atomic E-state index is 8.75. The minimum Gasteiger partial charge on any atom is -0.474 e.